The molecule has 0 radical (unpaired) electrons. The second-order valence-electron chi connectivity index (χ2n) is 6.91. The van der Waals surface area contributed by atoms with Crippen molar-refractivity contribution in [3.8, 4) is 5.75 Å². The van der Waals surface area contributed by atoms with E-state index in [1.54, 1.807) is 0 Å². The van der Waals surface area contributed by atoms with E-state index in [2.05, 4.69) is 26.1 Å². The van der Waals surface area contributed by atoms with Gasteiger partial charge in [0.2, 0.25) is 0 Å². The van der Waals surface area contributed by atoms with Crippen molar-refractivity contribution in [1.82, 2.24) is 0 Å². The normalized spacial score (nSPS) is 13.6. The van der Waals surface area contributed by atoms with Crippen LogP contribution in [0.2, 0.25) is 0 Å². The molecule has 1 rings (SSSR count). The summed E-state index contributed by atoms with van der Waals surface area (Å²) in [4.78, 5) is 12.7. The first-order valence-corrected chi connectivity index (χ1v) is 9.01. The van der Waals surface area contributed by atoms with Gasteiger partial charge in [-0.05, 0) is 56.9 Å². The maximum atomic E-state index is 12.7. The molecule has 4 heteroatoms. The second kappa shape index (κ2) is 9.67. The molecule has 0 fully saturated rings. The lowest BCUT2D eigenvalue weighted by Gasteiger charge is -2.28. The molecule has 1 atom stereocenters. The lowest BCUT2D eigenvalue weighted by molar-refractivity contribution is -0.139. The minimum atomic E-state index is -0.786. The van der Waals surface area contributed by atoms with Crippen LogP contribution < -0.4 is 10.1 Å². The summed E-state index contributed by atoms with van der Waals surface area (Å²) in [5.74, 6) is 1.25. The van der Waals surface area contributed by atoms with Gasteiger partial charge in [0.1, 0.15) is 11.4 Å². The molecule has 0 aliphatic rings. The highest BCUT2D eigenvalue weighted by atomic mass is 16.5. The van der Waals surface area contributed by atoms with Crippen LogP contribution in [0.5, 0.6) is 5.75 Å². The van der Waals surface area contributed by atoms with Gasteiger partial charge in [-0.2, -0.15) is 0 Å². The predicted octanol–water partition coefficient (Wildman–Crippen LogP) is 4.95. The van der Waals surface area contributed by atoms with Crippen LogP contribution in [0.4, 0.5) is 5.69 Å². The molecule has 1 unspecified atom stereocenters. The summed E-state index contributed by atoms with van der Waals surface area (Å²) in [6, 6.07) is 5.74. The molecule has 0 saturated carbocycles. The number of unbranched alkanes of at least 4 members (excludes halogenated alkanes) is 1. The third-order valence-corrected chi connectivity index (χ3v) is 3.96. The first kappa shape index (κ1) is 20.5. The SMILES string of the molecule is CCCCC(C)(OCC)C(=O)Nc1ccc(OCC(C)C)c(C)c1. The van der Waals surface area contributed by atoms with Crippen molar-refractivity contribution < 1.29 is 14.3 Å². The fourth-order valence-electron chi connectivity index (χ4n) is 2.49. The first-order valence-electron chi connectivity index (χ1n) is 9.01. The molecule has 1 aromatic rings. The summed E-state index contributed by atoms with van der Waals surface area (Å²) >= 11 is 0. The largest absolute Gasteiger partial charge is 0.493 e. The Kier molecular flexibility index (Phi) is 8.26. The van der Waals surface area contributed by atoms with E-state index in [-0.39, 0.29) is 5.91 Å². The van der Waals surface area contributed by atoms with Crippen LogP contribution in [0.3, 0.4) is 0 Å². The summed E-state index contributed by atoms with van der Waals surface area (Å²) in [5.41, 5.74) is 1.00. The zero-order valence-corrected chi connectivity index (χ0v) is 16.1. The van der Waals surface area contributed by atoms with Crippen LogP contribution in [0, 0.1) is 12.8 Å². The van der Waals surface area contributed by atoms with E-state index >= 15 is 0 Å². The molecular formula is C20H33NO3. The molecule has 24 heavy (non-hydrogen) atoms. The summed E-state index contributed by atoms with van der Waals surface area (Å²) in [5, 5.41) is 2.99. The van der Waals surface area contributed by atoms with Gasteiger partial charge in [-0.3, -0.25) is 4.79 Å². The Morgan fingerprint density at radius 3 is 2.54 bits per heavy atom. The van der Waals surface area contributed by atoms with Gasteiger partial charge in [-0.25, -0.2) is 0 Å². The summed E-state index contributed by atoms with van der Waals surface area (Å²) in [7, 11) is 0. The molecule has 136 valence electrons. The van der Waals surface area contributed by atoms with Crippen molar-refractivity contribution in [3.05, 3.63) is 23.8 Å². The lowest BCUT2D eigenvalue weighted by Crippen LogP contribution is -2.42. The van der Waals surface area contributed by atoms with E-state index in [9.17, 15) is 4.79 Å². The van der Waals surface area contributed by atoms with Gasteiger partial charge in [0.25, 0.3) is 5.91 Å². The fraction of sp³-hybridized carbons (Fsp3) is 0.650. The Hall–Kier alpha value is -1.55. The molecule has 1 aromatic carbocycles. The van der Waals surface area contributed by atoms with Gasteiger partial charge >= 0.3 is 0 Å². The van der Waals surface area contributed by atoms with Crippen LogP contribution in [0.15, 0.2) is 18.2 Å². The number of hydrogen-bond donors (Lipinski definition) is 1. The fourth-order valence-corrected chi connectivity index (χ4v) is 2.49. The summed E-state index contributed by atoms with van der Waals surface area (Å²) in [6.07, 6.45) is 2.72. The van der Waals surface area contributed by atoms with E-state index in [1.807, 2.05) is 39.0 Å². The smallest absolute Gasteiger partial charge is 0.256 e. The zero-order valence-electron chi connectivity index (χ0n) is 16.1. The van der Waals surface area contributed by atoms with Crippen LogP contribution in [-0.2, 0) is 9.53 Å². The van der Waals surface area contributed by atoms with Crippen molar-refractivity contribution in [2.75, 3.05) is 18.5 Å². The van der Waals surface area contributed by atoms with Gasteiger partial charge in [-0.1, -0.05) is 33.6 Å². The van der Waals surface area contributed by atoms with Crippen molar-refractivity contribution in [1.29, 1.82) is 0 Å². The molecule has 0 heterocycles. The average molecular weight is 335 g/mol. The molecular weight excluding hydrogens is 302 g/mol. The Labute approximate surface area is 146 Å². The molecule has 4 nitrogen and oxygen atoms in total. The predicted molar refractivity (Wildman–Crippen MR) is 99.7 cm³/mol. The number of benzene rings is 1. The van der Waals surface area contributed by atoms with Crippen molar-refractivity contribution in [3.63, 3.8) is 0 Å². The van der Waals surface area contributed by atoms with Crippen molar-refractivity contribution in [2.24, 2.45) is 5.92 Å². The quantitative estimate of drug-likeness (QED) is 0.658. The van der Waals surface area contributed by atoms with E-state index < -0.39 is 5.60 Å². The van der Waals surface area contributed by atoms with E-state index in [1.165, 1.54) is 0 Å². The zero-order chi connectivity index (χ0) is 18.2. The number of nitrogens with one attached hydrogen (secondary N) is 1. The van der Waals surface area contributed by atoms with Crippen LogP contribution in [0.1, 0.15) is 59.4 Å². The minimum Gasteiger partial charge on any atom is -0.493 e. The number of amides is 1. The van der Waals surface area contributed by atoms with Gasteiger partial charge in [0.05, 0.1) is 6.61 Å². The van der Waals surface area contributed by atoms with Gasteiger partial charge in [0, 0.05) is 12.3 Å². The topological polar surface area (TPSA) is 47.6 Å². The van der Waals surface area contributed by atoms with Crippen molar-refractivity contribution in [2.45, 2.75) is 66.4 Å². The minimum absolute atomic E-state index is 0.0898. The van der Waals surface area contributed by atoms with Crippen LogP contribution >= 0.6 is 0 Å². The molecule has 0 aliphatic carbocycles. The number of carbonyl (C=O) groups excluding carboxylic acids is 1. The average Bonchev–Trinajstić information content (AvgIpc) is 2.52. The van der Waals surface area contributed by atoms with Crippen LogP contribution in [-0.4, -0.2) is 24.7 Å². The second-order valence-corrected chi connectivity index (χ2v) is 6.91. The Bertz CT molecular complexity index is 528. The number of anilines is 1. The number of ether oxygens (including phenoxy) is 2. The highest BCUT2D eigenvalue weighted by molar-refractivity contribution is 5.97. The highest BCUT2D eigenvalue weighted by Gasteiger charge is 2.33. The Morgan fingerprint density at radius 2 is 2.00 bits per heavy atom. The number of aryl methyl sites for hydroxylation is 1. The Balaban J connectivity index is 2.79. The van der Waals surface area contributed by atoms with Gasteiger partial charge in [-0.15, -0.1) is 0 Å². The first-order chi connectivity index (χ1) is 11.3. The molecule has 0 bridgehead atoms. The summed E-state index contributed by atoms with van der Waals surface area (Å²) < 4.78 is 11.5. The molecule has 0 spiro atoms. The van der Waals surface area contributed by atoms with Crippen LogP contribution in [0.25, 0.3) is 0 Å². The third-order valence-electron chi connectivity index (χ3n) is 3.96. The standard InChI is InChI=1S/C20H33NO3/c1-7-9-12-20(6,24-8-2)19(22)21-17-10-11-18(16(5)13-17)23-14-15(3)4/h10-11,13,15H,7-9,12,14H2,1-6H3,(H,21,22). The summed E-state index contributed by atoms with van der Waals surface area (Å²) in [6.45, 7) is 13.3. The van der Waals surface area contributed by atoms with E-state index in [0.29, 0.717) is 19.1 Å². The number of hydrogen-bond acceptors (Lipinski definition) is 3. The molecule has 1 N–H and O–H groups in total. The highest BCUT2D eigenvalue weighted by Crippen LogP contribution is 2.25. The van der Waals surface area contributed by atoms with E-state index in [4.69, 9.17) is 9.47 Å². The Morgan fingerprint density at radius 1 is 1.29 bits per heavy atom. The van der Waals surface area contributed by atoms with Gasteiger partial charge < -0.3 is 14.8 Å². The molecule has 0 aliphatic heterocycles. The maximum absolute atomic E-state index is 12.7. The van der Waals surface area contributed by atoms with Crippen molar-refractivity contribution >= 4 is 11.6 Å². The molecule has 0 aromatic heterocycles. The van der Waals surface area contributed by atoms with Gasteiger partial charge in [0.15, 0.2) is 0 Å². The monoisotopic (exact) mass is 335 g/mol. The molecule has 1 amide bonds. The third kappa shape index (κ3) is 6.16. The lowest BCUT2D eigenvalue weighted by atomic mass is 9.97. The number of carbonyl (C=O) groups is 1. The number of rotatable bonds is 10. The maximum Gasteiger partial charge on any atom is 0.256 e. The molecule has 0 saturated heterocycles. The van der Waals surface area contributed by atoms with E-state index in [0.717, 1.165) is 36.3 Å².